The summed E-state index contributed by atoms with van der Waals surface area (Å²) in [5.41, 5.74) is -0.773. The summed E-state index contributed by atoms with van der Waals surface area (Å²) in [6.45, 7) is 20.7. The average molecular weight is 1690 g/mol. The van der Waals surface area contributed by atoms with Crippen LogP contribution in [0.4, 0.5) is 4.79 Å². The number of hydrogen-bond donors (Lipinski definition) is 3. The number of nitrogens with one attached hydrogen (secondary N) is 3. The molecular formula is C86H152N4O26S. The van der Waals surface area contributed by atoms with Crippen LogP contribution in [-0.4, -0.2) is 248 Å². The zero-order valence-electron chi connectivity index (χ0n) is 73.4. The van der Waals surface area contributed by atoms with Gasteiger partial charge in [0.25, 0.3) is 0 Å². The maximum Gasteiger partial charge on any atom is 0.408 e. The van der Waals surface area contributed by atoms with Crippen molar-refractivity contribution in [2.24, 2.45) is 0 Å². The van der Waals surface area contributed by atoms with E-state index in [1.165, 1.54) is 167 Å². The van der Waals surface area contributed by atoms with Crippen LogP contribution in [0.25, 0.3) is 0 Å². The van der Waals surface area contributed by atoms with E-state index in [4.69, 9.17) is 88.0 Å². The van der Waals surface area contributed by atoms with Crippen molar-refractivity contribution in [2.75, 3.05) is 105 Å². The van der Waals surface area contributed by atoms with Gasteiger partial charge in [0.05, 0.1) is 71.1 Å². The van der Waals surface area contributed by atoms with Gasteiger partial charge in [-0.05, 0) is 40.0 Å². The molecule has 0 aromatic rings. The van der Waals surface area contributed by atoms with E-state index < -0.39 is 134 Å². The number of thiocarbonyl (C=S) groups is 1. The number of nitrogens with zero attached hydrogens (tertiary/aromatic N) is 1. The van der Waals surface area contributed by atoms with Crippen molar-refractivity contribution in [3.8, 4) is 0 Å². The van der Waals surface area contributed by atoms with Gasteiger partial charge in [-0.15, -0.1) is 0 Å². The number of hydrogen-bond acceptors (Lipinski definition) is 27. The number of unbranched alkanes of at least 4 members (excludes halogenated alkanes) is 30. The summed E-state index contributed by atoms with van der Waals surface area (Å²) in [5, 5.41) is 8.79. The molecule has 2 saturated heterocycles. The average Bonchev–Trinajstić information content (AvgIpc) is 0.765. The van der Waals surface area contributed by atoms with Gasteiger partial charge in [0.2, 0.25) is 11.8 Å². The molecule has 117 heavy (non-hydrogen) atoms. The lowest BCUT2D eigenvalue weighted by atomic mass is 9.92. The molecule has 2 rings (SSSR count). The zero-order chi connectivity index (χ0) is 86.3. The van der Waals surface area contributed by atoms with Crippen LogP contribution in [-0.2, 0) is 119 Å². The van der Waals surface area contributed by atoms with E-state index in [0.29, 0.717) is 52.7 Å². The van der Waals surface area contributed by atoms with Crippen LogP contribution in [0.1, 0.15) is 308 Å². The summed E-state index contributed by atoms with van der Waals surface area (Å²) in [4.78, 5) is 131. The number of alkyl carbamates (subject to hydrolysis) is 1. The Kier molecular flexibility index (Phi) is 62.0. The summed E-state index contributed by atoms with van der Waals surface area (Å²) in [7, 11) is 0. The Morgan fingerprint density at radius 3 is 1.08 bits per heavy atom. The normalized spacial score (nSPS) is 19.5. The van der Waals surface area contributed by atoms with Gasteiger partial charge < -0.3 is 96.6 Å². The van der Waals surface area contributed by atoms with Crippen LogP contribution in [0.5, 0.6) is 0 Å². The Labute approximate surface area is 704 Å². The molecule has 2 fully saturated rings. The molecule has 0 bridgehead atoms. The largest absolute Gasteiger partial charge is 0.463 e. The van der Waals surface area contributed by atoms with Crippen LogP contribution in [0.3, 0.4) is 0 Å². The second kappa shape index (κ2) is 67.7. The lowest BCUT2D eigenvalue weighted by molar-refractivity contribution is -0.344. The summed E-state index contributed by atoms with van der Waals surface area (Å²) < 4.78 is 91.7. The van der Waals surface area contributed by atoms with E-state index in [-0.39, 0.29) is 75.6 Å². The van der Waals surface area contributed by atoms with Crippen molar-refractivity contribution in [3.05, 3.63) is 0 Å². The maximum absolute atomic E-state index is 14.5. The highest BCUT2D eigenvalue weighted by Gasteiger charge is 2.57. The van der Waals surface area contributed by atoms with E-state index in [9.17, 15) is 47.9 Å². The predicted octanol–water partition coefficient (Wildman–Crippen LogP) is 13.2. The minimum atomic E-state index is -1.83. The third-order valence-electron chi connectivity index (χ3n) is 19.6. The van der Waals surface area contributed by atoms with Crippen molar-refractivity contribution in [3.63, 3.8) is 0 Å². The molecule has 31 heteroatoms. The van der Waals surface area contributed by atoms with Gasteiger partial charge >= 0.3 is 47.9 Å². The second-order valence-corrected chi connectivity index (χ2v) is 32.0. The highest BCUT2D eigenvalue weighted by molar-refractivity contribution is 7.80. The summed E-state index contributed by atoms with van der Waals surface area (Å²) in [6.07, 6.45) is 24.4. The van der Waals surface area contributed by atoms with E-state index in [2.05, 4.69) is 29.8 Å². The number of carbonyl (C=O) groups excluding carboxylic acids is 10. The Bertz CT molecular complexity index is 2690. The van der Waals surface area contributed by atoms with E-state index in [0.717, 1.165) is 87.0 Å². The Morgan fingerprint density at radius 1 is 0.385 bits per heavy atom. The van der Waals surface area contributed by atoms with Crippen LogP contribution in [0.15, 0.2) is 0 Å². The van der Waals surface area contributed by atoms with Crippen molar-refractivity contribution in [2.45, 2.75) is 381 Å². The summed E-state index contributed by atoms with van der Waals surface area (Å²) in [5.74, 6) is -6.37. The van der Waals surface area contributed by atoms with Crippen LogP contribution in [0, 0.1) is 0 Å². The fourth-order valence-corrected chi connectivity index (χ4v) is 14.1. The van der Waals surface area contributed by atoms with Crippen molar-refractivity contribution in [1.29, 1.82) is 0 Å². The molecule has 0 aromatic carbocycles. The summed E-state index contributed by atoms with van der Waals surface area (Å²) in [6, 6.07) is -0.924. The first-order valence-electron chi connectivity index (χ1n) is 44.0. The number of carbonyl (C=O) groups is 10. The molecule has 11 atom stereocenters. The Hall–Kier alpha value is -5.93. The predicted molar refractivity (Wildman–Crippen MR) is 444 cm³/mol. The minimum absolute atomic E-state index is 0.0256. The quantitative estimate of drug-likeness (QED) is 0.0220. The smallest absolute Gasteiger partial charge is 0.408 e. The maximum atomic E-state index is 14.5. The van der Waals surface area contributed by atoms with E-state index in [1.54, 1.807) is 20.8 Å². The molecular weight excluding hydrogens is 1540 g/mol. The molecule has 2 heterocycles. The van der Waals surface area contributed by atoms with Crippen molar-refractivity contribution in [1.82, 2.24) is 20.9 Å². The molecule has 2 aliphatic heterocycles. The molecule has 0 spiro atoms. The van der Waals surface area contributed by atoms with Gasteiger partial charge in [-0.25, -0.2) is 4.79 Å². The molecule has 0 aromatic heterocycles. The number of amides is 3. The number of esters is 7. The third kappa shape index (κ3) is 55.6. The van der Waals surface area contributed by atoms with E-state index >= 15 is 0 Å². The van der Waals surface area contributed by atoms with Crippen molar-refractivity contribution >= 4 is 76.9 Å². The van der Waals surface area contributed by atoms with E-state index in [1.807, 2.05) is 4.90 Å². The van der Waals surface area contributed by atoms with Crippen LogP contribution < -0.4 is 16.0 Å². The molecule has 678 valence electrons. The molecule has 0 radical (unpaired) electrons. The molecule has 3 amide bonds. The lowest BCUT2D eigenvalue weighted by Gasteiger charge is -2.49. The first-order valence-corrected chi connectivity index (χ1v) is 44.4. The fourth-order valence-electron chi connectivity index (χ4n) is 13.9. The molecule has 2 aliphatic rings. The number of rotatable bonds is 70. The first-order chi connectivity index (χ1) is 56.1. The minimum Gasteiger partial charge on any atom is -0.463 e. The highest BCUT2D eigenvalue weighted by Crippen LogP contribution is 2.37. The molecule has 3 N–H and O–H groups in total. The fraction of sp³-hybridized carbons (Fsp3) is 0.872. The lowest BCUT2D eigenvalue weighted by Crippen LogP contribution is -2.67. The van der Waals surface area contributed by atoms with Gasteiger partial charge in [-0.2, -0.15) is 0 Å². The Morgan fingerprint density at radius 2 is 0.709 bits per heavy atom. The monoisotopic (exact) mass is 1690 g/mol. The Balaban J connectivity index is 1.84. The van der Waals surface area contributed by atoms with Crippen LogP contribution in [0.2, 0.25) is 0 Å². The summed E-state index contributed by atoms with van der Waals surface area (Å²) >= 11 is 5.68. The standard InChI is InChI=1S/C86H152N4O26S/c1-13-15-17-19-21-23-25-27-29-31-33-35-37-39-41-43-49-90(50-44-42-40-38-36-34-32-30-28-26-24-22-20-18-16-14-2)83(99)71(89-85(100)116-86(10,11)12)45-46-75(98)87-47-51-101-53-55-103-57-59-105-60-58-104-56-54-102-52-48-88-76(117)61-72-77(108-66(5)93)80(110-68(7)95)79(73(113-72)62-106-64(3)91)115-84-82(112-70(9)97)81(111-69(8)96)78(109-67(6)94)74(114-84)63-107-65(4)92/h71-74,77-82,84H,13-63H2,1-12H3,(H,87,98)(H,88,117)(H,89,100)/t71-,72-,73+,74+,77-,78-,79+,80+,81-,82+,84-/m0/s1. The SMILES string of the molecule is CCCCCCCCCCCCCCCCCCN(CCCCCCCCCCCCCCCCCC)C(=O)[C@H](CCC(=O)NCCOCCOCCOCCOCCOCCNC(=S)C[C@@H]1O[C@H](COC(C)=O)[C@@H](O[C@@H]2O[C@H](COC(C)=O)[C@H](OC(C)=O)[C@H](OC(C)=O)[C@H]2OC(C)=O)[C@H](OC(C)=O)[C@H]1OC(C)=O)NC(=O)OC(C)(C)C. The first kappa shape index (κ1) is 107. The molecule has 0 aliphatic carbocycles. The molecule has 30 nitrogen and oxygen atoms in total. The van der Waals surface area contributed by atoms with Gasteiger partial charge in [0.1, 0.15) is 49.3 Å². The van der Waals surface area contributed by atoms with Gasteiger partial charge in [-0.3, -0.25) is 43.2 Å². The van der Waals surface area contributed by atoms with Crippen LogP contribution >= 0.6 is 12.2 Å². The van der Waals surface area contributed by atoms with Crippen molar-refractivity contribution < 1.29 is 124 Å². The molecule has 0 saturated carbocycles. The van der Waals surface area contributed by atoms with Gasteiger partial charge in [0, 0.05) is 87.5 Å². The molecule has 0 unspecified atom stereocenters. The zero-order valence-corrected chi connectivity index (χ0v) is 74.2. The second-order valence-electron chi connectivity index (χ2n) is 31.5. The van der Waals surface area contributed by atoms with Gasteiger partial charge in [-0.1, -0.05) is 219 Å². The highest BCUT2D eigenvalue weighted by atomic mass is 32.1. The topological polar surface area (TPSA) is 358 Å². The number of ether oxygens (including phenoxy) is 16. The third-order valence-corrected chi connectivity index (χ3v) is 19.9. The van der Waals surface area contributed by atoms with Gasteiger partial charge in [0.15, 0.2) is 36.8 Å².